The van der Waals surface area contributed by atoms with Gasteiger partial charge in [0.05, 0.1) is 0 Å². The van der Waals surface area contributed by atoms with E-state index in [1.165, 1.54) is 12.1 Å². The van der Waals surface area contributed by atoms with E-state index in [0.29, 0.717) is 11.4 Å². The van der Waals surface area contributed by atoms with Crippen molar-refractivity contribution in [3.63, 3.8) is 0 Å². The van der Waals surface area contributed by atoms with E-state index in [1.807, 2.05) is 37.3 Å². The molecule has 2 N–H and O–H groups in total. The van der Waals surface area contributed by atoms with E-state index in [-0.39, 0.29) is 11.9 Å². The predicted molar refractivity (Wildman–Crippen MR) is 66.3 cm³/mol. The monoisotopic (exact) mass is 231 g/mol. The van der Waals surface area contributed by atoms with Crippen LogP contribution in [0.5, 0.6) is 5.75 Å². The lowest BCUT2D eigenvalue weighted by molar-refractivity contribution is 0.226. The van der Waals surface area contributed by atoms with Crippen molar-refractivity contribution in [1.29, 1.82) is 0 Å². The molecular formula is C14H14FNO. The zero-order valence-corrected chi connectivity index (χ0v) is 9.56. The van der Waals surface area contributed by atoms with E-state index in [9.17, 15) is 4.39 Å². The summed E-state index contributed by atoms with van der Waals surface area (Å²) in [5.74, 6) is 0.0547. The van der Waals surface area contributed by atoms with Crippen molar-refractivity contribution in [1.82, 2.24) is 0 Å². The lowest BCUT2D eigenvalue weighted by Gasteiger charge is -2.15. The van der Waals surface area contributed by atoms with Gasteiger partial charge in [-0.15, -0.1) is 0 Å². The first-order valence-electron chi connectivity index (χ1n) is 5.43. The normalized spacial score (nSPS) is 12.1. The molecule has 2 rings (SSSR count). The molecule has 2 nitrogen and oxygen atoms in total. The van der Waals surface area contributed by atoms with Gasteiger partial charge >= 0.3 is 0 Å². The summed E-state index contributed by atoms with van der Waals surface area (Å²) in [5, 5.41) is 0. The van der Waals surface area contributed by atoms with Crippen LogP contribution in [0.2, 0.25) is 0 Å². The highest BCUT2D eigenvalue weighted by molar-refractivity contribution is 5.44. The van der Waals surface area contributed by atoms with Crippen LogP contribution in [0.15, 0.2) is 48.5 Å². The number of rotatable bonds is 3. The molecule has 0 saturated heterocycles. The number of hydrogen-bond donors (Lipinski definition) is 1. The molecule has 2 aromatic rings. The van der Waals surface area contributed by atoms with Gasteiger partial charge in [0.25, 0.3) is 0 Å². The Morgan fingerprint density at radius 2 is 1.82 bits per heavy atom. The summed E-state index contributed by atoms with van der Waals surface area (Å²) < 4.78 is 18.8. The summed E-state index contributed by atoms with van der Waals surface area (Å²) in [6.07, 6.45) is -0.141. The van der Waals surface area contributed by atoms with Gasteiger partial charge in [0, 0.05) is 17.8 Å². The summed E-state index contributed by atoms with van der Waals surface area (Å²) in [6.45, 7) is 1.91. The van der Waals surface area contributed by atoms with Crippen LogP contribution in [-0.4, -0.2) is 0 Å². The van der Waals surface area contributed by atoms with Crippen molar-refractivity contribution in [2.45, 2.75) is 13.0 Å². The molecule has 0 aliphatic rings. The third-order valence-corrected chi connectivity index (χ3v) is 2.48. The first-order valence-corrected chi connectivity index (χ1v) is 5.43. The van der Waals surface area contributed by atoms with Crippen molar-refractivity contribution in [3.8, 4) is 5.75 Å². The smallest absolute Gasteiger partial charge is 0.128 e. The maximum atomic E-state index is 13.1. The van der Waals surface area contributed by atoms with E-state index in [2.05, 4.69) is 0 Å². The molecule has 0 aliphatic heterocycles. The summed E-state index contributed by atoms with van der Waals surface area (Å²) in [6, 6.07) is 14.0. The van der Waals surface area contributed by atoms with Gasteiger partial charge in [-0.3, -0.25) is 0 Å². The van der Waals surface area contributed by atoms with Crippen LogP contribution >= 0.6 is 0 Å². The Labute approximate surface area is 99.8 Å². The number of hydrogen-bond acceptors (Lipinski definition) is 2. The standard InChI is InChI=1S/C14H14FNO/c1-10(11-5-3-2-4-6-11)17-14-8-12(15)7-13(16)9-14/h2-10H,16H2,1H3. The number of ether oxygens (including phenoxy) is 1. The lowest BCUT2D eigenvalue weighted by Crippen LogP contribution is -2.03. The first-order chi connectivity index (χ1) is 8.15. The van der Waals surface area contributed by atoms with Crippen LogP contribution in [0.1, 0.15) is 18.6 Å². The Hall–Kier alpha value is -2.03. The third-order valence-electron chi connectivity index (χ3n) is 2.48. The minimum absolute atomic E-state index is 0.141. The first kappa shape index (κ1) is 11.5. The summed E-state index contributed by atoms with van der Waals surface area (Å²) >= 11 is 0. The molecule has 88 valence electrons. The molecule has 3 heteroatoms. The second kappa shape index (κ2) is 4.87. The van der Waals surface area contributed by atoms with Crippen LogP contribution in [0.4, 0.5) is 10.1 Å². The molecule has 0 amide bonds. The second-order valence-corrected chi connectivity index (χ2v) is 3.89. The predicted octanol–water partition coefficient (Wildman–Crippen LogP) is 3.55. The van der Waals surface area contributed by atoms with E-state index in [1.54, 1.807) is 6.07 Å². The Morgan fingerprint density at radius 3 is 2.47 bits per heavy atom. The Bertz CT molecular complexity index is 479. The third kappa shape index (κ3) is 2.97. The fraction of sp³-hybridized carbons (Fsp3) is 0.143. The summed E-state index contributed by atoms with van der Waals surface area (Å²) in [7, 11) is 0. The zero-order valence-electron chi connectivity index (χ0n) is 9.56. The minimum atomic E-state index is -0.389. The molecule has 0 radical (unpaired) electrons. The molecule has 0 aliphatic carbocycles. The number of benzene rings is 2. The molecule has 0 fully saturated rings. The van der Waals surface area contributed by atoms with E-state index in [0.717, 1.165) is 5.56 Å². The molecule has 1 atom stereocenters. The van der Waals surface area contributed by atoms with Crippen molar-refractivity contribution >= 4 is 5.69 Å². The van der Waals surface area contributed by atoms with Crippen molar-refractivity contribution in [2.75, 3.05) is 5.73 Å². The fourth-order valence-corrected chi connectivity index (χ4v) is 1.65. The summed E-state index contributed by atoms with van der Waals surface area (Å²) in [4.78, 5) is 0. The quantitative estimate of drug-likeness (QED) is 0.820. The highest BCUT2D eigenvalue weighted by Gasteiger charge is 2.07. The second-order valence-electron chi connectivity index (χ2n) is 3.89. The van der Waals surface area contributed by atoms with Crippen LogP contribution in [0, 0.1) is 5.82 Å². The number of anilines is 1. The molecule has 1 unspecified atom stereocenters. The van der Waals surface area contributed by atoms with Crippen molar-refractivity contribution in [3.05, 3.63) is 59.9 Å². The number of nitrogens with two attached hydrogens (primary N) is 1. The molecular weight excluding hydrogens is 217 g/mol. The van der Waals surface area contributed by atoms with Gasteiger partial charge in [0.2, 0.25) is 0 Å². The molecule has 0 heterocycles. The average molecular weight is 231 g/mol. The van der Waals surface area contributed by atoms with Gasteiger partial charge in [-0.1, -0.05) is 30.3 Å². The number of nitrogen functional groups attached to an aromatic ring is 1. The highest BCUT2D eigenvalue weighted by Crippen LogP contribution is 2.24. The Balaban J connectivity index is 2.16. The van der Waals surface area contributed by atoms with Gasteiger partial charge in [-0.05, 0) is 18.6 Å². The number of halogens is 1. The van der Waals surface area contributed by atoms with Gasteiger partial charge < -0.3 is 10.5 Å². The Morgan fingerprint density at radius 1 is 1.12 bits per heavy atom. The van der Waals surface area contributed by atoms with Crippen LogP contribution < -0.4 is 10.5 Å². The van der Waals surface area contributed by atoms with E-state index in [4.69, 9.17) is 10.5 Å². The van der Waals surface area contributed by atoms with Gasteiger partial charge in [-0.2, -0.15) is 0 Å². The van der Waals surface area contributed by atoms with Gasteiger partial charge in [0.15, 0.2) is 0 Å². The minimum Gasteiger partial charge on any atom is -0.486 e. The topological polar surface area (TPSA) is 35.2 Å². The van der Waals surface area contributed by atoms with Crippen LogP contribution in [0.3, 0.4) is 0 Å². The molecule has 0 bridgehead atoms. The lowest BCUT2D eigenvalue weighted by atomic mass is 10.1. The molecule has 2 aromatic carbocycles. The molecule has 17 heavy (non-hydrogen) atoms. The molecule has 0 aromatic heterocycles. The van der Waals surface area contributed by atoms with Crippen LogP contribution in [-0.2, 0) is 0 Å². The van der Waals surface area contributed by atoms with Gasteiger partial charge in [0.1, 0.15) is 17.7 Å². The largest absolute Gasteiger partial charge is 0.486 e. The van der Waals surface area contributed by atoms with Crippen LogP contribution in [0.25, 0.3) is 0 Å². The molecule has 0 spiro atoms. The van der Waals surface area contributed by atoms with E-state index >= 15 is 0 Å². The average Bonchev–Trinajstić information content (AvgIpc) is 2.28. The van der Waals surface area contributed by atoms with E-state index < -0.39 is 0 Å². The zero-order chi connectivity index (χ0) is 12.3. The maximum absolute atomic E-state index is 13.1. The van der Waals surface area contributed by atoms with Crippen molar-refractivity contribution < 1.29 is 9.13 Å². The van der Waals surface area contributed by atoms with Crippen molar-refractivity contribution in [2.24, 2.45) is 0 Å². The Kier molecular flexibility index (Phi) is 3.28. The maximum Gasteiger partial charge on any atom is 0.128 e. The fourth-order valence-electron chi connectivity index (χ4n) is 1.65. The molecule has 0 saturated carbocycles. The van der Waals surface area contributed by atoms with Gasteiger partial charge in [-0.25, -0.2) is 4.39 Å². The highest BCUT2D eigenvalue weighted by atomic mass is 19.1. The SMILES string of the molecule is CC(Oc1cc(N)cc(F)c1)c1ccccc1. The summed E-state index contributed by atoms with van der Waals surface area (Å²) in [5.41, 5.74) is 6.95.